The van der Waals surface area contributed by atoms with Crippen LogP contribution < -0.4 is 0 Å². The Morgan fingerprint density at radius 1 is 1.47 bits per heavy atom. The third-order valence-electron chi connectivity index (χ3n) is 2.37. The van der Waals surface area contributed by atoms with E-state index in [9.17, 15) is 4.79 Å². The van der Waals surface area contributed by atoms with Crippen molar-refractivity contribution in [2.45, 2.75) is 25.7 Å². The summed E-state index contributed by atoms with van der Waals surface area (Å²) in [6.45, 7) is 3.66. The number of carboxylic acids is 1. The molecule has 1 aromatic carbocycles. The van der Waals surface area contributed by atoms with Crippen molar-refractivity contribution in [1.82, 2.24) is 0 Å². The van der Waals surface area contributed by atoms with E-state index < -0.39 is 11.4 Å². The largest absolute Gasteiger partial charge is 0.481 e. The van der Waals surface area contributed by atoms with Crippen molar-refractivity contribution >= 4 is 5.97 Å². The number of carboxylic acid groups (broad SMARTS) is 1. The molecule has 0 saturated carbocycles. The molecule has 0 amide bonds. The van der Waals surface area contributed by atoms with Crippen LogP contribution in [0.3, 0.4) is 0 Å². The van der Waals surface area contributed by atoms with Gasteiger partial charge in [-0.15, -0.1) is 0 Å². The molecular weight excluding hydrogens is 190 g/mol. The van der Waals surface area contributed by atoms with E-state index in [2.05, 4.69) is 6.07 Å². The molecule has 78 valence electrons. The second-order valence-electron chi connectivity index (χ2n) is 4.11. The molecule has 0 bridgehead atoms. The van der Waals surface area contributed by atoms with Gasteiger partial charge in [-0.25, -0.2) is 0 Å². The lowest BCUT2D eigenvalue weighted by atomic mass is 9.79. The smallest absolute Gasteiger partial charge is 0.304 e. The number of rotatable bonds is 3. The molecule has 0 aliphatic carbocycles. The highest BCUT2D eigenvalue weighted by molar-refractivity contribution is 5.69. The predicted octanol–water partition coefficient (Wildman–Crippen LogP) is 2.31. The Bertz CT molecular complexity index is 416. The van der Waals surface area contributed by atoms with Gasteiger partial charge in [0.25, 0.3) is 0 Å². The van der Waals surface area contributed by atoms with Crippen molar-refractivity contribution in [2.24, 2.45) is 0 Å². The zero-order valence-corrected chi connectivity index (χ0v) is 8.82. The first-order chi connectivity index (χ1) is 6.97. The third-order valence-corrected chi connectivity index (χ3v) is 2.37. The summed E-state index contributed by atoms with van der Waals surface area (Å²) in [5.41, 5.74) is 0.816. The first-order valence-corrected chi connectivity index (χ1v) is 4.69. The number of nitriles is 1. The van der Waals surface area contributed by atoms with Crippen LogP contribution in [0.25, 0.3) is 0 Å². The van der Waals surface area contributed by atoms with E-state index in [1.54, 1.807) is 12.1 Å². The number of hydrogen-bond donors (Lipinski definition) is 1. The van der Waals surface area contributed by atoms with E-state index >= 15 is 0 Å². The summed E-state index contributed by atoms with van der Waals surface area (Å²) in [4.78, 5) is 10.7. The monoisotopic (exact) mass is 203 g/mol. The highest BCUT2D eigenvalue weighted by Gasteiger charge is 2.26. The minimum absolute atomic E-state index is 0.0195. The SMILES string of the molecule is CC(C)(CC(=O)O)c1ccccc1C#N. The van der Waals surface area contributed by atoms with Crippen LogP contribution in [-0.2, 0) is 10.2 Å². The normalized spacial score (nSPS) is 10.7. The molecule has 0 atom stereocenters. The van der Waals surface area contributed by atoms with E-state index in [1.807, 2.05) is 26.0 Å². The molecule has 0 radical (unpaired) electrons. The Hall–Kier alpha value is -1.82. The molecule has 15 heavy (non-hydrogen) atoms. The summed E-state index contributed by atoms with van der Waals surface area (Å²) in [5, 5.41) is 17.7. The number of benzene rings is 1. The molecule has 0 spiro atoms. The van der Waals surface area contributed by atoms with Gasteiger partial charge in [-0.05, 0) is 11.6 Å². The minimum atomic E-state index is -0.854. The maximum absolute atomic E-state index is 10.7. The van der Waals surface area contributed by atoms with Crippen LogP contribution in [0.4, 0.5) is 0 Å². The van der Waals surface area contributed by atoms with Crippen LogP contribution in [0.5, 0.6) is 0 Å². The second-order valence-corrected chi connectivity index (χ2v) is 4.11. The minimum Gasteiger partial charge on any atom is -0.481 e. The van der Waals surface area contributed by atoms with Crippen LogP contribution in [0.1, 0.15) is 31.4 Å². The summed E-state index contributed by atoms with van der Waals surface area (Å²) >= 11 is 0. The van der Waals surface area contributed by atoms with Gasteiger partial charge in [0, 0.05) is 5.41 Å². The molecule has 0 aliphatic heterocycles. The molecule has 1 aromatic rings. The van der Waals surface area contributed by atoms with Gasteiger partial charge in [0.15, 0.2) is 0 Å². The lowest BCUT2D eigenvalue weighted by molar-refractivity contribution is -0.138. The molecule has 3 heteroatoms. The van der Waals surface area contributed by atoms with E-state index in [0.717, 1.165) is 5.56 Å². The van der Waals surface area contributed by atoms with Crippen LogP contribution in [-0.4, -0.2) is 11.1 Å². The van der Waals surface area contributed by atoms with Gasteiger partial charge in [-0.1, -0.05) is 32.0 Å². The average Bonchev–Trinajstić information content (AvgIpc) is 2.16. The molecule has 3 nitrogen and oxygen atoms in total. The van der Waals surface area contributed by atoms with Crippen LogP contribution in [0.15, 0.2) is 24.3 Å². The van der Waals surface area contributed by atoms with Crippen LogP contribution in [0.2, 0.25) is 0 Å². The molecule has 1 N–H and O–H groups in total. The highest BCUT2D eigenvalue weighted by Crippen LogP contribution is 2.29. The lowest BCUT2D eigenvalue weighted by Gasteiger charge is -2.23. The third kappa shape index (κ3) is 2.57. The topological polar surface area (TPSA) is 61.1 Å². The van der Waals surface area contributed by atoms with E-state index in [4.69, 9.17) is 10.4 Å². The Labute approximate surface area is 89.0 Å². The summed E-state index contributed by atoms with van der Waals surface area (Å²) in [7, 11) is 0. The zero-order chi connectivity index (χ0) is 11.5. The lowest BCUT2D eigenvalue weighted by Crippen LogP contribution is -2.22. The maximum Gasteiger partial charge on any atom is 0.304 e. The Balaban J connectivity index is 3.15. The van der Waals surface area contributed by atoms with Crippen LogP contribution in [0, 0.1) is 11.3 Å². The molecule has 1 rings (SSSR count). The summed E-state index contributed by atoms with van der Waals surface area (Å²) < 4.78 is 0. The molecule has 0 fully saturated rings. The fourth-order valence-corrected chi connectivity index (χ4v) is 1.64. The molecule has 0 aromatic heterocycles. The van der Waals surface area contributed by atoms with Gasteiger partial charge in [0.05, 0.1) is 18.1 Å². The molecular formula is C12H13NO2. The Morgan fingerprint density at radius 2 is 2.07 bits per heavy atom. The van der Waals surface area contributed by atoms with Crippen molar-refractivity contribution in [3.63, 3.8) is 0 Å². The number of aliphatic carboxylic acids is 1. The van der Waals surface area contributed by atoms with Crippen LogP contribution >= 0.6 is 0 Å². The van der Waals surface area contributed by atoms with Gasteiger partial charge in [0.2, 0.25) is 0 Å². The van der Waals surface area contributed by atoms with Crippen molar-refractivity contribution in [1.29, 1.82) is 5.26 Å². The second kappa shape index (κ2) is 4.14. The van der Waals surface area contributed by atoms with Gasteiger partial charge >= 0.3 is 5.97 Å². The quantitative estimate of drug-likeness (QED) is 0.819. The van der Waals surface area contributed by atoms with Crippen molar-refractivity contribution in [3.05, 3.63) is 35.4 Å². The van der Waals surface area contributed by atoms with Gasteiger partial charge in [-0.3, -0.25) is 4.79 Å². The number of nitrogens with zero attached hydrogens (tertiary/aromatic N) is 1. The van der Waals surface area contributed by atoms with Gasteiger partial charge < -0.3 is 5.11 Å². The van der Waals surface area contributed by atoms with E-state index in [-0.39, 0.29) is 6.42 Å². The maximum atomic E-state index is 10.7. The zero-order valence-electron chi connectivity index (χ0n) is 8.82. The van der Waals surface area contributed by atoms with Gasteiger partial charge in [0.1, 0.15) is 0 Å². The van der Waals surface area contributed by atoms with E-state index in [1.165, 1.54) is 0 Å². The fourth-order valence-electron chi connectivity index (χ4n) is 1.64. The first kappa shape index (κ1) is 11.3. The molecule has 0 aliphatic rings. The Kier molecular flexibility index (Phi) is 3.11. The molecule has 0 heterocycles. The highest BCUT2D eigenvalue weighted by atomic mass is 16.4. The molecule has 0 unspecified atom stereocenters. The van der Waals surface area contributed by atoms with Crippen molar-refractivity contribution in [2.75, 3.05) is 0 Å². The predicted molar refractivity (Wildman–Crippen MR) is 56.4 cm³/mol. The fraction of sp³-hybridized carbons (Fsp3) is 0.333. The summed E-state index contributed by atoms with van der Waals surface area (Å²) in [6, 6.07) is 9.19. The summed E-state index contributed by atoms with van der Waals surface area (Å²) in [6.07, 6.45) is 0.0195. The summed E-state index contributed by atoms with van der Waals surface area (Å²) in [5.74, 6) is -0.854. The van der Waals surface area contributed by atoms with Crippen molar-refractivity contribution < 1.29 is 9.90 Å². The number of hydrogen-bond acceptors (Lipinski definition) is 2. The Morgan fingerprint density at radius 3 is 2.60 bits per heavy atom. The van der Waals surface area contributed by atoms with Crippen molar-refractivity contribution in [3.8, 4) is 6.07 Å². The average molecular weight is 203 g/mol. The van der Waals surface area contributed by atoms with Gasteiger partial charge in [-0.2, -0.15) is 5.26 Å². The standard InChI is InChI=1S/C12H13NO2/c1-12(2,7-11(14)15)10-6-4-3-5-9(10)8-13/h3-6H,7H2,1-2H3,(H,14,15). The van der Waals surface area contributed by atoms with E-state index in [0.29, 0.717) is 5.56 Å². The first-order valence-electron chi connectivity index (χ1n) is 4.69. The number of carbonyl (C=O) groups is 1. The molecule has 0 saturated heterocycles.